The standard InChI is InChI=1S/C24H23N/c1-5-17-10-12-18(13-11-17)25(4)19-14-15-21-20-8-6-7-9-22(20)24(2,3)23(21)16-19/h5-16H,1H2,2-4H3. The van der Waals surface area contributed by atoms with Crippen LogP contribution in [-0.4, -0.2) is 7.05 Å². The van der Waals surface area contributed by atoms with Gasteiger partial charge in [-0.25, -0.2) is 0 Å². The molecule has 1 aliphatic carbocycles. The minimum absolute atomic E-state index is 0.0372. The second-order valence-electron chi connectivity index (χ2n) is 7.26. The van der Waals surface area contributed by atoms with E-state index in [1.54, 1.807) is 0 Å². The lowest BCUT2D eigenvalue weighted by molar-refractivity contribution is 0.660. The van der Waals surface area contributed by atoms with E-state index >= 15 is 0 Å². The lowest BCUT2D eigenvalue weighted by Crippen LogP contribution is -2.16. The van der Waals surface area contributed by atoms with Gasteiger partial charge in [-0.05, 0) is 52.1 Å². The Morgan fingerprint density at radius 3 is 2.16 bits per heavy atom. The lowest BCUT2D eigenvalue weighted by Gasteiger charge is -2.25. The van der Waals surface area contributed by atoms with Crippen molar-refractivity contribution in [2.24, 2.45) is 0 Å². The van der Waals surface area contributed by atoms with Gasteiger partial charge in [0.1, 0.15) is 0 Å². The number of rotatable bonds is 3. The van der Waals surface area contributed by atoms with Crippen LogP contribution < -0.4 is 4.90 Å². The molecule has 0 amide bonds. The van der Waals surface area contributed by atoms with Gasteiger partial charge in [-0.1, -0.05) is 69.0 Å². The molecule has 0 aromatic heterocycles. The molecule has 1 nitrogen and oxygen atoms in total. The van der Waals surface area contributed by atoms with Crippen LogP contribution in [0.4, 0.5) is 11.4 Å². The van der Waals surface area contributed by atoms with Gasteiger partial charge in [-0.15, -0.1) is 0 Å². The van der Waals surface area contributed by atoms with Gasteiger partial charge in [0, 0.05) is 23.8 Å². The molecular formula is C24H23N. The Balaban J connectivity index is 1.77. The van der Waals surface area contributed by atoms with Crippen molar-refractivity contribution < 1.29 is 0 Å². The van der Waals surface area contributed by atoms with Gasteiger partial charge in [0.2, 0.25) is 0 Å². The highest BCUT2D eigenvalue weighted by atomic mass is 15.1. The second-order valence-corrected chi connectivity index (χ2v) is 7.26. The van der Waals surface area contributed by atoms with Crippen LogP contribution in [0.2, 0.25) is 0 Å². The van der Waals surface area contributed by atoms with Crippen molar-refractivity contribution in [2.45, 2.75) is 19.3 Å². The third-order valence-corrected chi connectivity index (χ3v) is 5.47. The Morgan fingerprint density at radius 2 is 1.44 bits per heavy atom. The van der Waals surface area contributed by atoms with E-state index in [4.69, 9.17) is 0 Å². The number of nitrogens with zero attached hydrogens (tertiary/aromatic N) is 1. The molecule has 0 fully saturated rings. The Labute approximate surface area is 150 Å². The fraction of sp³-hybridized carbons (Fsp3) is 0.167. The Kier molecular flexibility index (Phi) is 3.54. The molecule has 1 heteroatoms. The zero-order valence-electron chi connectivity index (χ0n) is 15.1. The van der Waals surface area contributed by atoms with E-state index in [0.29, 0.717) is 0 Å². The van der Waals surface area contributed by atoms with E-state index in [1.165, 1.54) is 33.6 Å². The molecule has 4 rings (SSSR count). The van der Waals surface area contributed by atoms with Crippen LogP contribution in [0.3, 0.4) is 0 Å². The van der Waals surface area contributed by atoms with Gasteiger partial charge in [-0.2, -0.15) is 0 Å². The fourth-order valence-electron chi connectivity index (χ4n) is 3.88. The van der Waals surface area contributed by atoms with Gasteiger partial charge >= 0.3 is 0 Å². The molecule has 25 heavy (non-hydrogen) atoms. The van der Waals surface area contributed by atoms with Crippen LogP contribution in [0.5, 0.6) is 0 Å². The fourth-order valence-corrected chi connectivity index (χ4v) is 3.88. The number of hydrogen-bond donors (Lipinski definition) is 0. The third-order valence-electron chi connectivity index (χ3n) is 5.47. The van der Waals surface area contributed by atoms with Crippen LogP contribution >= 0.6 is 0 Å². The summed E-state index contributed by atoms with van der Waals surface area (Å²) in [7, 11) is 2.12. The molecule has 0 saturated carbocycles. The summed E-state index contributed by atoms with van der Waals surface area (Å²) in [5, 5.41) is 0. The highest BCUT2D eigenvalue weighted by Gasteiger charge is 2.35. The molecule has 0 radical (unpaired) electrons. The van der Waals surface area contributed by atoms with E-state index < -0.39 is 0 Å². The zero-order valence-corrected chi connectivity index (χ0v) is 15.1. The predicted octanol–water partition coefficient (Wildman–Crippen LogP) is 6.40. The highest BCUT2D eigenvalue weighted by Crippen LogP contribution is 2.49. The summed E-state index contributed by atoms with van der Waals surface area (Å²) in [6.07, 6.45) is 1.87. The molecule has 124 valence electrons. The van der Waals surface area contributed by atoms with Crippen molar-refractivity contribution >= 4 is 17.5 Å². The quantitative estimate of drug-likeness (QED) is 0.538. The van der Waals surface area contributed by atoms with Gasteiger partial charge < -0.3 is 4.90 Å². The Morgan fingerprint density at radius 1 is 0.800 bits per heavy atom. The number of anilines is 2. The number of benzene rings is 3. The minimum atomic E-state index is 0.0372. The summed E-state index contributed by atoms with van der Waals surface area (Å²) in [5.74, 6) is 0. The van der Waals surface area contributed by atoms with Crippen LogP contribution in [0.1, 0.15) is 30.5 Å². The second kappa shape index (κ2) is 5.63. The van der Waals surface area contributed by atoms with E-state index in [2.05, 4.69) is 99.1 Å². The van der Waals surface area contributed by atoms with Crippen molar-refractivity contribution in [1.82, 2.24) is 0 Å². The highest BCUT2D eigenvalue weighted by molar-refractivity contribution is 5.83. The summed E-state index contributed by atoms with van der Waals surface area (Å²) in [6.45, 7) is 8.46. The molecule has 0 unspecified atom stereocenters. The van der Waals surface area contributed by atoms with Crippen LogP contribution in [0.15, 0.2) is 73.3 Å². The van der Waals surface area contributed by atoms with Crippen LogP contribution in [0.25, 0.3) is 17.2 Å². The Bertz CT molecular complexity index is 948. The number of fused-ring (bicyclic) bond motifs is 3. The van der Waals surface area contributed by atoms with E-state index in [9.17, 15) is 0 Å². The summed E-state index contributed by atoms with van der Waals surface area (Å²) in [6, 6.07) is 24.1. The monoisotopic (exact) mass is 325 g/mol. The maximum absolute atomic E-state index is 3.83. The molecule has 0 aliphatic heterocycles. The largest absolute Gasteiger partial charge is 0.345 e. The van der Waals surface area contributed by atoms with Crippen molar-refractivity contribution in [1.29, 1.82) is 0 Å². The molecule has 0 N–H and O–H groups in total. The van der Waals surface area contributed by atoms with Gasteiger partial charge in [0.05, 0.1) is 0 Å². The van der Waals surface area contributed by atoms with Crippen molar-refractivity contribution in [3.8, 4) is 11.1 Å². The molecule has 0 bridgehead atoms. The first-order chi connectivity index (χ1) is 12.0. The van der Waals surface area contributed by atoms with Gasteiger partial charge in [0.15, 0.2) is 0 Å². The summed E-state index contributed by atoms with van der Waals surface area (Å²) < 4.78 is 0. The maximum Gasteiger partial charge on any atom is 0.0411 e. The molecule has 0 spiro atoms. The average Bonchev–Trinajstić information content (AvgIpc) is 2.89. The first kappa shape index (κ1) is 15.7. The van der Waals surface area contributed by atoms with E-state index in [0.717, 1.165) is 5.56 Å². The molecule has 0 heterocycles. The molecule has 3 aromatic rings. The van der Waals surface area contributed by atoms with Gasteiger partial charge in [0.25, 0.3) is 0 Å². The van der Waals surface area contributed by atoms with Crippen molar-refractivity contribution in [3.05, 3.63) is 90.0 Å². The van der Waals surface area contributed by atoms with E-state index in [1.807, 2.05) is 6.08 Å². The zero-order chi connectivity index (χ0) is 17.6. The van der Waals surface area contributed by atoms with Crippen molar-refractivity contribution in [3.63, 3.8) is 0 Å². The third kappa shape index (κ3) is 2.39. The van der Waals surface area contributed by atoms with Crippen LogP contribution in [-0.2, 0) is 5.41 Å². The normalized spacial score (nSPS) is 13.9. The van der Waals surface area contributed by atoms with Crippen LogP contribution in [0, 0.1) is 0 Å². The first-order valence-electron chi connectivity index (χ1n) is 8.73. The smallest absolute Gasteiger partial charge is 0.0411 e. The number of hydrogen-bond acceptors (Lipinski definition) is 1. The molecule has 0 saturated heterocycles. The van der Waals surface area contributed by atoms with E-state index in [-0.39, 0.29) is 5.41 Å². The average molecular weight is 325 g/mol. The minimum Gasteiger partial charge on any atom is -0.345 e. The Hall–Kier alpha value is -2.80. The SMILES string of the molecule is C=Cc1ccc(N(C)c2ccc3c(c2)C(C)(C)c2ccccc2-3)cc1. The molecule has 0 atom stereocenters. The van der Waals surface area contributed by atoms with Crippen molar-refractivity contribution in [2.75, 3.05) is 11.9 Å². The topological polar surface area (TPSA) is 3.24 Å². The predicted molar refractivity (Wildman–Crippen MR) is 109 cm³/mol. The summed E-state index contributed by atoms with van der Waals surface area (Å²) >= 11 is 0. The summed E-state index contributed by atoms with van der Waals surface area (Å²) in [5.41, 5.74) is 9.12. The molecule has 1 aliphatic rings. The molecular weight excluding hydrogens is 302 g/mol. The molecule has 3 aromatic carbocycles. The maximum atomic E-state index is 3.83. The first-order valence-corrected chi connectivity index (χ1v) is 8.73. The van der Waals surface area contributed by atoms with Gasteiger partial charge in [-0.3, -0.25) is 0 Å². The lowest BCUT2D eigenvalue weighted by atomic mass is 9.82. The summed E-state index contributed by atoms with van der Waals surface area (Å²) in [4.78, 5) is 2.24.